The molecule has 2 heterocycles. The van der Waals surface area contributed by atoms with Gasteiger partial charge in [0.2, 0.25) is 0 Å². The van der Waals surface area contributed by atoms with Gasteiger partial charge in [-0.2, -0.15) is 0 Å². The maximum absolute atomic E-state index is 7.70. The quantitative estimate of drug-likeness (QED) is 0.508. The van der Waals surface area contributed by atoms with Crippen LogP contribution in [0.25, 0.3) is 11.0 Å². The molecule has 1 aliphatic rings. The molecular weight excluding hydrogens is 252 g/mol. The van der Waals surface area contributed by atoms with Gasteiger partial charge in [-0.1, -0.05) is 19.8 Å². The predicted octanol–water partition coefficient (Wildman–Crippen LogP) is 2.23. The molecule has 0 amide bonds. The second kappa shape index (κ2) is 5.11. The summed E-state index contributed by atoms with van der Waals surface area (Å²) in [4.78, 5) is 3.05. The van der Waals surface area contributed by atoms with Crippen molar-refractivity contribution < 1.29 is 0 Å². The number of nitrogens with zero attached hydrogens (tertiary/aromatic N) is 2. The van der Waals surface area contributed by atoms with Gasteiger partial charge in [0.1, 0.15) is 5.84 Å². The maximum Gasteiger partial charge on any atom is 0.162 e. The smallest absolute Gasteiger partial charge is 0.162 e. The number of nitrogen functional groups attached to an aromatic ring is 1. The Morgan fingerprint density at radius 3 is 2.95 bits per heavy atom. The predicted molar refractivity (Wildman–Crippen MR) is 79.9 cm³/mol. The van der Waals surface area contributed by atoms with Gasteiger partial charge in [0, 0.05) is 17.6 Å². The Bertz CT molecular complexity index is 632. The van der Waals surface area contributed by atoms with Crippen molar-refractivity contribution >= 4 is 22.6 Å². The van der Waals surface area contributed by atoms with Crippen molar-refractivity contribution in [1.82, 2.24) is 15.2 Å². The number of amidine groups is 1. The first-order valence-corrected chi connectivity index (χ1v) is 7.11. The molecule has 6 nitrogen and oxygen atoms in total. The molecule has 2 aromatic rings. The van der Waals surface area contributed by atoms with Crippen LogP contribution in [0.2, 0.25) is 0 Å². The van der Waals surface area contributed by atoms with Gasteiger partial charge in [0.15, 0.2) is 11.3 Å². The average molecular weight is 272 g/mol. The van der Waals surface area contributed by atoms with E-state index >= 15 is 0 Å². The van der Waals surface area contributed by atoms with Crippen LogP contribution >= 0.6 is 0 Å². The Hall–Kier alpha value is -2.11. The molecule has 1 aliphatic carbocycles. The third-order valence-corrected chi connectivity index (χ3v) is 4.18. The molecular formula is C14H20N6. The summed E-state index contributed by atoms with van der Waals surface area (Å²) in [6.07, 6.45) is 6.76. The summed E-state index contributed by atoms with van der Waals surface area (Å²) < 4.78 is 0. The highest BCUT2D eigenvalue weighted by Crippen LogP contribution is 2.30. The normalized spacial score (nSPS) is 22.9. The summed E-state index contributed by atoms with van der Waals surface area (Å²) in [5, 5.41) is 20.4. The zero-order valence-electron chi connectivity index (χ0n) is 11.6. The molecule has 1 fully saturated rings. The summed E-state index contributed by atoms with van der Waals surface area (Å²) >= 11 is 0. The Morgan fingerprint density at radius 1 is 1.40 bits per heavy atom. The van der Waals surface area contributed by atoms with Crippen LogP contribution in [0.5, 0.6) is 0 Å². The lowest BCUT2D eigenvalue weighted by Crippen LogP contribution is -2.31. The van der Waals surface area contributed by atoms with E-state index in [1.165, 1.54) is 19.3 Å². The van der Waals surface area contributed by atoms with Crippen molar-refractivity contribution in [2.24, 2.45) is 11.7 Å². The average Bonchev–Trinajstić information content (AvgIpc) is 2.90. The minimum Gasteiger partial charge on any atom is -0.382 e. The third-order valence-electron chi connectivity index (χ3n) is 4.18. The van der Waals surface area contributed by atoms with Crippen LogP contribution in [0.1, 0.15) is 38.3 Å². The Labute approximate surface area is 117 Å². The molecule has 0 aliphatic heterocycles. The van der Waals surface area contributed by atoms with Crippen molar-refractivity contribution in [1.29, 1.82) is 5.41 Å². The summed E-state index contributed by atoms with van der Waals surface area (Å²) in [7, 11) is 0. The number of fused-ring (bicyclic) bond motifs is 1. The molecule has 3 rings (SSSR count). The number of aromatic amines is 1. The van der Waals surface area contributed by atoms with Crippen LogP contribution in [0, 0.1) is 11.3 Å². The zero-order valence-corrected chi connectivity index (χ0v) is 11.6. The van der Waals surface area contributed by atoms with Crippen LogP contribution in [-0.2, 0) is 0 Å². The number of hydrogen-bond donors (Lipinski definition) is 4. The molecule has 2 atom stereocenters. The summed E-state index contributed by atoms with van der Waals surface area (Å²) in [5.74, 6) is 0.567. The molecule has 0 spiro atoms. The van der Waals surface area contributed by atoms with Crippen LogP contribution in [0.4, 0.5) is 5.69 Å². The minimum absolute atomic E-state index is 0.0495. The first-order chi connectivity index (χ1) is 9.66. The highest BCUT2D eigenvalue weighted by molar-refractivity contribution is 6.05. The highest BCUT2D eigenvalue weighted by atomic mass is 15.2. The number of anilines is 1. The highest BCUT2D eigenvalue weighted by Gasteiger charge is 2.24. The lowest BCUT2D eigenvalue weighted by Gasteiger charge is -2.31. The third kappa shape index (κ3) is 2.21. The maximum atomic E-state index is 7.70. The monoisotopic (exact) mass is 272 g/mol. The first kappa shape index (κ1) is 12.9. The Morgan fingerprint density at radius 2 is 2.20 bits per heavy atom. The number of nitrogens with one attached hydrogen (secondary N) is 3. The molecule has 1 saturated carbocycles. The molecule has 0 bridgehead atoms. The Balaban J connectivity index is 2.01. The number of rotatable bonds is 3. The summed E-state index contributed by atoms with van der Waals surface area (Å²) in [6.45, 7) is 2.27. The lowest BCUT2D eigenvalue weighted by molar-refractivity contribution is 0.349. The molecule has 6 heteroatoms. The van der Waals surface area contributed by atoms with E-state index in [-0.39, 0.29) is 5.84 Å². The molecule has 0 radical (unpaired) electrons. The van der Waals surface area contributed by atoms with E-state index in [1.807, 2.05) is 12.3 Å². The molecule has 106 valence electrons. The molecule has 0 aromatic carbocycles. The largest absolute Gasteiger partial charge is 0.382 e. The second-order valence-electron chi connectivity index (χ2n) is 5.59. The molecule has 20 heavy (non-hydrogen) atoms. The van der Waals surface area contributed by atoms with Crippen LogP contribution in [0.3, 0.4) is 0 Å². The van der Waals surface area contributed by atoms with Gasteiger partial charge < -0.3 is 16.0 Å². The lowest BCUT2D eigenvalue weighted by atomic mass is 9.85. The summed E-state index contributed by atoms with van der Waals surface area (Å²) in [5.41, 5.74) is 7.64. The van der Waals surface area contributed by atoms with Gasteiger partial charge in [-0.05, 0) is 24.8 Å². The topological polar surface area (TPSA) is 103 Å². The number of hydrogen-bond acceptors (Lipinski definition) is 4. The van der Waals surface area contributed by atoms with Crippen molar-refractivity contribution in [3.8, 4) is 0 Å². The van der Waals surface area contributed by atoms with Crippen molar-refractivity contribution in [3.05, 3.63) is 18.0 Å². The van der Waals surface area contributed by atoms with Gasteiger partial charge in [-0.25, -0.2) is 0 Å². The fourth-order valence-electron chi connectivity index (χ4n) is 2.97. The van der Waals surface area contributed by atoms with E-state index in [4.69, 9.17) is 11.1 Å². The molecule has 0 saturated heterocycles. The van der Waals surface area contributed by atoms with Crippen molar-refractivity contribution in [2.45, 2.75) is 38.6 Å². The van der Waals surface area contributed by atoms with Crippen LogP contribution in [0.15, 0.2) is 12.3 Å². The van der Waals surface area contributed by atoms with E-state index in [0.717, 1.165) is 23.1 Å². The second-order valence-corrected chi connectivity index (χ2v) is 5.59. The Kier molecular flexibility index (Phi) is 3.30. The van der Waals surface area contributed by atoms with E-state index in [2.05, 4.69) is 27.4 Å². The van der Waals surface area contributed by atoms with Gasteiger partial charge in [-0.15, -0.1) is 10.2 Å². The molecule has 2 unspecified atom stereocenters. The van der Waals surface area contributed by atoms with Crippen molar-refractivity contribution in [2.75, 3.05) is 5.32 Å². The zero-order chi connectivity index (χ0) is 14.1. The van der Waals surface area contributed by atoms with E-state index < -0.39 is 0 Å². The van der Waals surface area contributed by atoms with E-state index in [9.17, 15) is 0 Å². The first-order valence-electron chi connectivity index (χ1n) is 7.11. The number of nitrogens with two attached hydrogens (primary N) is 1. The minimum atomic E-state index is -0.0495. The molecule has 2 aromatic heterocycles. The number of H-pyrrole nitrogens is 1. The van der Waals surface area contributed by atoms with Crippen LogP contribution < -0.4 is 11.1 Å². The van der Waals surface area contributed by atoms with Crippen molar-refractivity contribution in [3.63, 3.8) is 0 Å². The van der Waals surface area contributed by atoms with Gasteiger partial charge in [0.25, 0.3) is 0 Å². The van der Waals surface area contributed by atoms with Crippen LogP contribution in [-0.4, -0.2) is 27.1 Å². The van der Waals surface area contributed by atoms with Gasteiger partial charge >= 0.3 is 0 Å². The SMILES string of the molecule is CC1CCCCC1Nc1c(C(=N)N)nnc2[nH]ccc12. The number of aromatic nitrogens is 3. The fraction of sp³-hybridized carbons (Fsp3) is 0.500. The van der Waals surface area contributed by atoms with E-state index in [1.54, 1.807) is 0 Å². The van der Waals surface area contributed by atoms with E-state index in [0.29, 0.717) is 17.7 Å². The fourth-order valence-corrected chi connectivity index (χ4v) is 2.97. The van der Waals surface area contributed by atoms with Gasteiger partial charge in [0.05, 0.1) is 5.69 Å². The summed E-state index contributed by atoms with van der Waals surface area (Å²) in [6, 6.07) is 2.36. The van der Waals surface area contributed by atoms with Gasteiger partial charge in [-0.3, -0.25) is 5.41 Å². The standard InChI is InChI=1S/C14H20N6/c1-8-4-2-3-5-10(8)18-11-9-6-7-17-14(9)20-19-12(11)13(15)16/h6-8,10H,2-5H2,1H3,(H3,15,16)(H2,17,18,20). The molecule has 5 N–H and O–H groups in total.